The fourth-order valence-electron chi connectivity index (χ4n) is 2.88. The van der Waals surface area contributed by atoms with Gasteiger partial charge in [0.1, 0.15) is 6.42 Å². The first kappa shape index (κ1) is 17.5. The van der Waals surface area contributed by atoms with E-state index in [4.69, 9.17) is 16.3 Å². The third-order valence-electron chi connectivity index (χ3n) is 4.00. The number of rotatable bonds is 5. The van der Waals surface area contributed by atoms with E-state index in [0.717, 1.165) is 0 Å². The molecule has 25 heavy (non-hydrogen) atoms. The molecule has 0 N–H and O–H groups in total. The van der Waals surface area contributed by atoms with E-state index < -0.39 is 0 Å². The molecule has 6 heteroatoms. The first-order valence-corrected chi connectivity index (χ1v) is 8.55. The number of amides is 2. The van der Waals surface area contributed by atoms with Crippen molar-refractivity contribution in [2.75, 3.05) is 29.6 Å². The van der Waals surface area contributed by atoms with Crippen LogP contribution in [0.2, 0.25) is 5.02 Å². The van der Waals surface area contributed by atoms with Crippen LogP contribution >= 0.6 is 11.6 Å². The average molecular weight is 359 g/mol. The van der Waals surface area contributed by atoms with E-state index in [1.807, 2.05) is 37.3 Å². The van der Waals surface area contributed by atoms with Gasteiger partial charge in [-0.05, 0) is 37.3 Å². The van der Waals surface area contributed by atoms with Crippen molar-refractivity contribution in [2.45, 2.75) is 13.3 Å². The molecule has 0 radical (unpaired) electrons. The zero-order valence-corrected chi connectivity index (χ0v) is 14.7. The van der Waals surface area contributed by atoms with E-state index in [9.17, 15) is 9.59 Å². The molecular weight excluding hydrogens is 340 g/mol. The Balaban J connectivity index is 2.09. The Bertz CT molecular complexity index is 779. The minimum Gasteiger partial charge on any atom is -0.380 e. The highest BCUT2D eigenvalue weighted by Crippen LogP contribution is 2.39. The molecule has 0 unspecified atom stereocenters. The number of halogens is 1. The molecule has 0 atom stereocenters. The van der Waals surface area contributed by atoms with Crippen LogP contribution < -0.4 is 9.80 Å². The van der Waals surface area contributed by atoms with Crippen LogP contribution in [0.3, 0.4) is 0 Å². The molecule has 2 aromatic rings. The average Bonchev–Trinajstić information content (AvgIpc) is 2.70. The van der Waals surface area contributed by atoms with Crippen LogP contribution in [-0.4, -0.2) is 31.6 Å². The molecule has 5 nitrogen and oxygen atoms in total. The molecule has 0 spiro atoms. The van der Waals surface area contributed by atoms with Crippen molar-refractivity contribution in [3.63, 3.8) is 0 Å². The van der Waals surface area contributed by atoms with Gasteiger partial charge in [0.15, 0.2) is 0 Å². The summed E-state index contributed by atoms with van der Waals surface area (Å²) in [6.45, 7) is 3.27. The zero-order valence-electron chi connectivity index (χ0n) is 13.9. The lowest BCUT2D eigenvalue weighted by Gasteiger charge is -2.26. The van der Waals surface area contributed by atoms with Gasteiger partial charge in [0, 0.05) is 23.9 Å². The van der Waals surface area contributed by atoms with Gasteiger partial charge in [0.05, 0.1) is 18.0 Å². The highest BCUT2D eigenvalue weighted by atomic mass is 35.5. The quantitative estimate of drug-likeness (QED) is 0.603. The van der Waals surface area contributed by atoms with Crippen molar-refractivity contribution >= 4 is 40.5 Å². The molecule has 1 heterocycles. The number of fused-ring (bicyclic) bond motifs is 1. The molecule has 0 saturated heterocycles. The standard InChI is InChI=1S/C19H19ClN2O3/c1-2-25-11-10-21-16-9-8-14(20)12-17(16)22(19(24)13-18(21)23)15-6-4-3-5-7-15/h3-9,12H,2,10-11,13H2,1H3. The van der Waals surface area contributed by atoms with Crippen molar-refractivity contribution in [3.8, 4) is 0 Å². The van der Waals surface area contributed by atoms with Crippen molar-refractivity contribution in [2.24, 2.45) is 0 Å². The molecule has 0 bridgehead atoms. The summed E-state index contributed by atoms with van der Waals surface area (Å²) in [7, 11) is 0. The first-order chi connectivity index (χ1) is 12.1. The Labute approximate surface area is 151 Å². The summed E-state index contributed by atoms with van der Waals surface area (Å²) in [6.07, 6.45) is -0.201. The van der Waals surface area contributed by atoms with Crippen molar-refractivity contribution in [3.05, 3.63) is 53.6 Å². The highest BCUT2D eigenvalue weighted by Gasteiger charge is 2.32. The number of para-hydroxylation sites is 1. The van der Waals surface area contributed by atoms with Crippen LogP contribution in [0, 0.1) is 0 Å². The van der Waals surface area contributed by atoms with Gasteiger partial charge >= 0.3 is 0 Å². The predicted octanol–water partition coefficient (Wildman–Crippen LogP) is 3.78. The van der Waals surface area contributed by atoms with Crippen LogP contribution in [0.1, 0.15) is 13.3 Å². The SMILES string of the molecule is CCOCCN1C(=O)CC(=O)N(c2ccccc2)c2cc(Cl)ccc21. The van der Waals surface area contributed by atoms with Crippen LogP contribution in [0.15, 0.2) is 48.5 Å². The Kier molecular flexibility index (Phi) is 5.36. The Morgan fingerprint density at radius 2 is 1.80 bits per heavy atom. The van der Waals surface area contributed by atoms with Gasteiger partial charge in [-0.1, -0.05) is 29.8 Å². The zero-order chi connectivity index (χ0) is 17.8. The van der Waals surface area contributed by atoms with Gasteiger partial charge in [-0.25, -0.2) is 0 Å². The number of nitrogens with zero attached hydrogens (tertiary/aromatic N) is 2. The number of anilines is 3. The van der Waals surface area contributed by atoms with Crippen LogP contribution in [-0.2, 0) is 14.3 Å². The minimum atomic E-state index is -0.279. The third kappa shape index (κ3) is 3.67. The normalized spacial score (nSPS) is 14.5. The smallest absolute Gasteiger partial charge is 0.241 e. The molecule has 130 valence electrons. The van der Waals surface area contributed by atoms with Crippen LogP contribution in [0.4, 0.5) is 17.1 Å². The monoisotopic (exact) mass is 358 g/mol. The number of carbonyl (C=O) groups excluding carboxylic acids is 2. The lowest BCUT2D eigenvalue weighted by Crippen LogP contribution is -2.34. The van der Waals surface area contributed by atoms with Gasteiger partial charge in [-0.15, -0.1) is 0 Å². The van der Waals surface area contributed by atoms with Gasteiger partial charge < -0.3 is 9.64 Å². The fraction of sp³-hybridized carbons (Fsp3) is 0.263. The molecule has 0 aromatic heterocycles. The lowest BCUT2D eigenvalue weighted by atomic mass is 10.2. The summed E-state index contributed by atoms with van der Waals surface area (Å²) < 4.78 is 5.38. The van der Waals surface area contributed by atoms with Gasteiger partial charge in [-0.3, -0.25) is 14.5 Å². The maximum absolute atomic E-state index is 12.8. The second kappa shape index (κ2) is 7.68. The Morgan fingerprint density at radius 3 is 2.52 bits per heavy atom. The first-order valence-electron chi connectivity index (χ1n) is 8.17. The molecule has 3 rings (SSSR count). The number of benzene rings is 2. The van der Waals surface area contributed by atoms with Crippen molar-refractivity contribution < 1.29 is 14.3 Å². The van der Waals surface area contributed by atoms with Crippen LogP contribution in [0.5, 0.6) is 0 Å². The number of hydrogen-bond acceptors (Lipinski definition) is 3. The lowest BCUT2D eigenvalue weighted by molar-refractivity contribution is -0.125. The van der Waals surface area contributed by atoms with Gasteiger partial charge in [0.25, 0.3) is 0 Å². The summed E-state index contributed by atoms with van der Waals surface area (Å²) in [5.74, 6) is -0.523. The molecule has 0 aliphatic carbocycles. The Morgan fingerprint density at radius 1 is 1.04 bits per heavy atom. The highest BCUT2D eigenvalue weighted by molar-refractivity contribution is 6.31. The van der Waals surface area contributed by atoms with E-state index in [1.165, 1.54) is 0 Å². The van der Waals surface area contributed by atoms with Gasteiger partial charge in [-0.2, -0.15) is 0 Å². The third-order valence-corrected chi connectivity index (χ3v) is 4.23. The summed E-state index contributed by atoms with van der Waals surface area (Å²) in [6, 6.07) is 14.5. The molecule has 0 fully saturated rings. The maximum Gasteiger partial charge on any atom is 0.241 e. The molecule has 2 amide bonds. The largest absolute Gasteiger partial charge is 0.380 e. The molecule has 2 aromatic carbocycles. The minimum absolute atomic E-state index is 0.201. The Hall–Kier alpha value is -2.37. The topological polar surface area (TPSA) is 49.9 Å². The number of carbonyl (C=O) groups is 2. The van der Waals surface area contributed by atoms with E-state index in [1.54, 1.807) is 28.0 Å². The molecule has 1 aliphatic rings. The van der Waals surface area contributed by atoms with E-state index in [-0.39, 0.29) is 18.2 Å². The van der Waals surface area contributed by atoms with E-state index >= 15 is 0 Å². The number of hydrogen-bond donors (Lipinski definition) is 0. The van der Waals surface area contributed by atoms with Gasteiger partial charge in [0.2, 0.25) is 11.8 Å². The summed E-state index contributed by atoms with van der Waals surface area (Å²) in [5, 5.41) is 0.506. The number of ether oxygens (including phenoxy) is 1. The van der Waals surface area contributed by atoms with E-state index in [0.29, 0.717) is 41.8 Å². The second-order valence-corrected chi connectivity index (χ2v) is 6.05. The van der Waals surface area contributed by atoms with Crippen LogP contribution in [0.25, 0.3) is 0 Å². The second-order valence-electron chi connectivity index (χ2n) is 5.62. The van der Waals surface area contributed by atoms with E-state index in [2.05, 4.69) is 0 Å². The predicted molar refractivity (Wildman–Crippen MR) is 98.5 cm³/mol. The summed E-state index contributed by atoms with van der Waals surface area (Å²) >= 11 is 6.18. The van der Waals surface area contributed by atoms with Crippen molar-refractivity contribution in [1.82, 2.24) is 0 Å². The maximum atomic E-state index is 12.8. The van der Waals surface area contributed by atoms with Crippen molar-refractivity contribution in [1.29, 1.82) is 0 Å². The fourth-order valence-corrected chi connectivity index (χ4v) is 3.05. The summed E-state index contributed by atoms with van der Waals surface area (Å²) in [5.41, 5.74) is 1.96. The summed E-state index contributed by atoms with van der Waals surface area (Å²) in [4.78, 5) is 28.6. The molecule has 1 aliphatic heterocycles. The molecule has 0 saturated carbocycles. The molecular formula is C19H19ClN2O3.